The molecule has 0 bridgehead atoms. The molecule has 6 N–H and O–H groups in total. The van der Waals surface area contributed by atoms with Crippen molar-refractivity contribution >= 4 is 29.1 Å². The normalized spacial score (nSPS) is 9.60. The van der Waals surface area contributed by atoms with E-state index in [9.17, 15) is 4.79 Å². The van der Waals surface area contributed by atoms with Crippen molar-refractivity contribution < 1.29 is 4.79 Å². The molecule has 0 aliphatic heterocycles. The van der Waals surface area contributed by atoms with Crippen molar-refractivity contribution in [3.05, 3.63) is 54.6 Å². The zero-order chi connectivity index (χ0) is 14.4. The Labute approximate surface area is 116 Å². The van der Waals surface area contributed by atoms with E-state index in [2.05, 4.69) is 15.6 Å². The number of rotatable bonds is 3. The molecule has 0 saturated heterocycles. The smallest absolute Gasteiger partial charge is 0.323 e. The van der Waals surface area contributed by atoms with Crippen LogP contribution in [0.15, 0.2) is 59.6 Å². The molecule has 2 rings (SSSR count). The molecule has 2 aromatic rings. The molecule has 0 unspecified atom stereocenters. The largest absolute Gasteiger partial charge is 0.370 e. The first-order valence-corrected chi connectivity index (χ1v) is 5.96. The van der Waals surface area contributed by atoms with Gasteiger partial charge in [-0.3, -0.25) is 0 Å². The zero-order valence-corrected chi connectivity index (χ0v) is 10.7. The summed E-state index contributed by atoms with van der Waals surface area (Å²) < 4.78 is 0. The summed E-state index contributed by atoms with van der Waals surface area (Å²) in [5.41, 5.74) is 12.5. The van der Waals surface area contributed by atoms with Gasteiger partial charge in [-0.25, -0.2) is 9.79 Å². The van der Waals surface area contributed by atoms with E-state index in [0.717, 1.165) is 5.69 Å². The lowest BCUT2D eigenvalue weighted by Crippen LogP contribution is -2.21. The first-order chi connectivity index (χ1) is 9.63. The number of aliphatic imine (C=N–C) groups is 1. The van der Waals surface area contributed by atoms with Gasteiger partial charge in [-0.1, -0.05) is 18.2 Å². The predicted octanol–water partition coefficient (Wildman–Crippen LogP) is 2.24. The Morgan fingerprint density at radius 2 is 1.40 bits per heavy atom. The molecular weight excluding hydrogens is 254 g/mol. The minimum absolute atomic E-state index is 0.00692. The fourth-order valence-corrected chi connectivity index (χ4v) is 1.58. The molecule has 0 spiro atoms. The number of amides is 2. The molecule has 102 valence electrons. The maximum absolute atomic E-state index is 11.8. The predicted molar refractivity (Wildman–Crippen MR) is 81.0 cm³/mol. The van der Waals surface area contributed by atoms with Gasteiger partial charge >= 0.3 is 6.03 Å². The van der Waals surface area contributed by atoms with Crippen molar-refractivity contribution in [2.75, 3.05) is 10.6 Å². The second-order valence-electron chi connectivity index (χ2n) is 4.03. The van der Waals surface area contributed by atoms with Crippen LogP contribution in [0, 0.1) is 0 Å². The summed E-state index contributed by atoms with van der Waals surface area (Å²) in [5.74, 6) is -0.00692. The highest BCUT2D eigenvalue weighted by Gasteiger charge is 2.02. The highest BCUT2D eigenvalue weighted by atomic mass is 16.2. The van der Waals surface area contributed by atoms with E-state index in [0.29, 0.717) is 11.4 Å². The topological polar surface area (TPSA) is 106 Å². The van der Waals surface area contributed by atoms with Crippen LogP contribution in [-0.2, 0) is 0 Å². The Morgan fingerprint density at radius 3 is 1.95 bits per heavy atom. The molecule has 0 atom stereocenters. The summed E-state index contributed by atoms with van der Waals surface area (Å²) in [7, 11) is 0. The molecule has 0 radical (unpaired) electrons. The summed E-state index contributed by atoms with van der Waals surface area (Å²) >= 11 is 0. The maximum Gasteiger partial charge on any atom is 0.323 e. The van der Waals surface area contributed by atoms with Crippen molar-refractivity contribution in [1.29, 1.82) is 0 Å². The first-order valence-electron chi connectivity index (χ1n) is 5.96. The van der Waals surface area contributed by atoms with E-state index >= 15 is 0 Å². The van der Waals surface area contributed by atoms with Crippen LogP contribution in [0.25, 0.3) is 0 Å². The van der Waals surface area contributed by atoms with Crippen molar-refractivity contribution in [1.82, 2.24) is 0 Å². The number of hydrogen-bond acceptors (Lipinski definition) is 2. The lowest BCUT2D eigenvalue weighted by Gasteiger charge is -2.07. The summed E-state index contributed by atoms with van der Waals surface area (Å²) in [6.07, 6.45) is 0. The van der Waals surface area contributed by atoms with Crippen molar-refractivity contribution in [3.63, 3.8) is 0 Å². The third-order valence-electron chi connectivity index (χ3n) is 2.42. The second-order valence-corrected chi connectivity index (χ2v) is 4.03. The van der Waals surface area contributed by atoms with Gasteiger partial charge < -0.3 is 22.1 Å². The van der Waals surface area contributed by atoms with Gasteiger partial charge in [-0.2, -0.15) is 0 Å². The number of urea groups is 1. The monoisotopic (exact) mass is 269 g/mol. The summed E-state index contributed by atoms with van der Waals surface area (Å²) in [6.45, 7) is 0. The first kappa shape index (κ1) is 13.4. The van der Waals surface area contributed by atoms with Crippen LogP contribution < -0.4 is 22.1 Å². The van der Waals surface area contributed by atoms with Gasteiger partial charge in [0.05, 0.1) is 5.69 Å². The molecule has 6 heteroatoms. The average molecular weight is 269 g/mol. The molecule has 6 nitrogen and oxygen atoms in total. The van der Waals surface area contributed by atoms with E-state index in [4.69, 9.17) is 11.5 Å². The van der Waals surface area contributed by atoms with Crippen LogP contribution in [0.3, 0.4) is 0 Å². The van der Waals surface area contributed by atoms with E-state index in [1.165, 1.54) is 0 Å². The van der Waals surface area contributed by atoms with Gasteiger partial charge in [0.2, 0.25) is 0 Å². The molecule has 0 fully saturated rings. The van der Waals surface area contributed by atoms with Crippen LogP contribution in [-0.4, -0.2) is 12.0 Å². The summed E-state index contributed by atoms with van der Waals surface area (Å²) in [5, 5.41) is 5.43. The fourth-order valence-electron chi connectivity index (χ4n) is 1.58. The number of anilines is 2. The third kappa shape index (κ3) is 4.02. The molecule has 0 saturated carbocycles. The van der Waals surface area contributed by atoms with Gasteiger partial charge in [0.25, 0.3) is 0 Å². The standard InChI is InChI=1S/C14H15N5O/c15-13(16)17-11-6-8-12(9-7-11)19-14(20)18-10-4-2-1-3-5-10/h1-9H,(H4,15,16,17)(H2,18,19,20). The molecular formula is C14H15N5O. The number of carbonyl (C=O) groups excluding carboxylic acids is 1. The average Bonchev–Trinajstić information content (AvgIpc) is 2.41. The minimum Gasteiger partial charge on any atom is -0.370 e. The lowest BCUT2D eigenvalue weighted by atomic mass is 10.3. The molecule has 2 aromatic carbocycles. The van der Waals surface area contributed by atoms with Crippen LogP contribution in [0.2, 0.25) is 0 Å². The number of hydrogen-bond donors (Lipinski definition) is 4. The van der Waals surface area contributed by atoms with E-state index in [-0.39, 0.29) is 12.0 Å². The Morgan fingerprint density at radius 1 is 0.850 bits per heavy atom. The van der Waals surface area contributed by atoms with Crippen LogP contribution >= 0.6 is 0 Å². The number of carbonyl (C=O) groups is 1. The number of nitrogens with two attached hydrogens (primary N) is 2. The molecule has 0 aromatic heterocycles. The summed E-state index contributed by atoms with van der Waals surface area (Å²) in [4.78, 5) is 15.6. The van der Waals surface area contributed by atoms with Crippen molar-refractivity contribution in [3.8, 4) is 0 Å². The summed E-state index contributed by atoms with van der Waals surface area (Å²) in [6, 6.07) is 15.7. The second kappa shape index (κ2) is 6.24. The highest BCUT2D eigenvalue weighted by molar-refractivity contribution is 5.99. The zero-order valence-electron chi connectivity index (χ0n) is 10.7. The van der Waals surface area contributed by atoms with E-state index in [1.54, 1.807) is 36.4 Å². The van der Waals surface area contributed by atoms with Gasteiger partial charge in [-0.05, 0) is 36.4 Å². The molecule has 20 heavy (non-hydrogen) atoms. The molecule has 0 aliphatic rings. The Bertz CT molecular complexity index is 603. The Hall–Kier alpha value is -3.02. The highest BCUT2D eigenvalue weighted by Crippen LogP contribution is 2.16. The number of nitrogens with zero attached hydrogens (tertiary/aromatic N) is 1. The molecule has 0 aliphatic carbocycles. The van der Waals surface area contributed by atoms with Crippen LogP contribution in [0.5, 0.6) is 0 Å². The van der Waals surface area contributed by atoms with Gasteiger partial charge in [-0.15, -0.1) is 0 Å². The minimum atomic E-state index is -0.314. The van der Waals surface area contributed by atoms with Gasteiger partial charge in [0.15, 0.2) is 5.96 Å². The Kier molecular flexibility index (Phi) is 4.18. The van der Waals surface area contributed by atoms with Crippen LogP contribution in [0.1, 0.15) is 0 Å². The number of benzene rings is 2. The van der Waals surface area contributed by atoms with E-state index < -0.39 is 0 Å². The van der Waals surface area contributed by atoms with Gasteiger partial charge in [0.1, 0.15) is 0 Å². The van der Waals surface area contributed by atoms with Crippen molar-refractivity contribution in [2.24, 2.45) is 16.5 Å². The van der Waals surface area contributed by atoms with E-state index in [1.807, 2.05) is 18.2 Å². The lowest BCUT2D eigenvalue weighted by molar-refractivity contribution is 0.262. The molecule has 0 heterocycles. The fraction of sp³-hybridized carbons (Fsp3) is 0. The Balaban J connectivity index is 1.96. The van der Waals surface area contributed by atoms with Crippen LogP contribution in [0.4, 0.5) is 21.9 Å². The third-order valence-corrected chi connectivity index (χ3v) is 2.42. The maximum atomic E-state index is 11.8. The van der Waals surface area contributed by atoms with Gasteiger partial charge in [0, 0.05) is 11.4 Å². The number of guanidine groups is 1. The SMILES string of the molecule is NC(N)=Nc1ccc(NC(=O)Nc2ccccc2)cc1. The quantitative estimate of drug-likeness (QED) is 0.507. The van der Waals surface area contributed by atoms with Crippen molar-refractivity contribution in [2.45, 2.75) is 0 Å². The number of para-hydroxylation sites is 1. The molecule has 2 amide bonds. The number of nitrogens with one attached hydrogen (secondary N) is 2.